The summed E-state index contributed by atoms with van der Waals surface area (Å²) in [6.07, 6.45) is 1.27. The van der Waals surface area contributed by atoms with Crippen molar-refractivity contribution in [1.29, 1.82) is 0 Å². The zero-order valence-electron chi connectivity index (χ0n) is 15.0. The van der Waals surface area contributed by atoms with Crippen LogP contribution in [0.3, 0.4) is 0 Å². The van der Waals surface area contributed by atoms with E-state index >= 15 is 0 Å². The molecule has 1 fully saturated rings. The Labute approximate surface area is 154 Å². The van der Waals surface area contributed by atoms with Gasteiger partial charge in [0.15, 0.2) is 0 Å². The zero-order valence-corrected chi connectivity index (χ0v) is 15.8. The van der Waals surface area contributed by atoms with Gasteiger partial charge in [0.2, 0.25) is 10.0 Å². The Kier molecular flexibility index (Phi) is 5.44. The summed E-state index contributed by atoms with van der Waals surface area (Å²) in [5.41, 5.74) is 1.99. The number of carbonyl (C=O) groups is 1. The average Bonchev–Trinajstić information content (AvgIpc) is 2.65. The van der Waals surface area contributed by atoms with Crippen LogP contribution in [0.5, 0.6) is 5.75 Å². The molecule has 1 unspecified atom stereocenters. The Bertz CT molecular complexity index is 893. The molecule has 0 aliphatic carbocycles. The first-order chi connectivity index (χ1) is 12.4. The van der Waals surface area contributed by atoms with Gasteiger partial charge in [0.05, 0.1) is 10.8 Å². The second kappa shape index (κ2) is 7.60. The van der Waals surface area contributed by atoms with E-state index < -0.39 is 15.9 Å². The lowest BCUT2D eigenvalue weighted by atomic mass is 10.00. The van der Waals surface area contributed by atoms with Gasteiger partial charge >= 0.3 is 5.97 Å². The number of ether oxygens (including phenoxy) is 1. The fourth-order valence-electron chi connectivity index (χ4n) is 3.20. The van der Waals surface area contributed by atoms with Gasteiger partial charge < -0.3 is 4.74 Å². The SMILES string of the molecule is Cc1ccc(OC(=O)C2CCCN(S(=O)(=O)c3ccccc3)C2)c(C)c1. The lowest BCUT2D eigenvalue weighted by Crippen LogP contribution is -2.43. The molecule has 5 nitrogen and oxygen atoms in total. The maximum atomic E-state index is 12.8. The van der Waals surface area contributed by atoms with Gasteiger partial charge in [0.1, 0.15) is 5.75 Å². The highest BCUT2D eigenvalue weighted by Crippen LogP contribution is 2.26. The molecule has 1 atom stereocenters. The number of benzene rings is 2. The summed E-state index contributed by atoms with van der Waals surface area (Å²) in [6.45, 7) is 4.44. The third-order valence-corrected chi connectivity index (χ3v) is 6.52. The van der Waals surface area contributed by atoms with Crippen LogP contribution in [0.1, 0.15) is 24.0 Å². The molecule has 0 bridgehead atoms. The average molecular weight is 373 g/mol. The van der Waals surface area contributed by atoms with Crippen molar-refractivity contribution in [2.24, 2.45) is 5.92 Å². The Morgan fingerprint density at radius 2 is 1.85 bits per heavy atom. The molecular formula is C20H23NO4S. The summed E-state index contributed by atoms with van der Waals surface area (Å²) in [6, 6.07) is 14.0. The number of piperidine rings is 1. The molecule has 0 radical (unpaired) electrons. The van der Waals surface area contributed by atoms with Crippen molar-refractivity contribution in [1.82, 2.24) is 4.31 Å². The van der Waals surface area contributed by atoms with Gasteiger partial charge in [-0.1, -0.05) is 35.9 Å². The summed E-state index contributed by atoms with van der Waals surface area (Å²) in [7, 11) is -3.59. The summed E-state index contributed by atoms with van der Waals surface area (Å²) in [5, 5.41) is 0. The van der Waals surface area contributed by atoms with Crippen molar-refractivity contribution in [3.05, 3.63) is 59.7 Å². The molecule has 1 aliphatic rings. The Morgan fingerprint density at radius 3 is 2.54 bits per heavy atom. The topological polar surface area (TPSA) is 63.7 Å². The molecule has 0 aromatic heterocycles. The van der Waals surface area contributed by atoms with Gasteiger partial charge in [-0.15, -0.1) is 0 Å². The molecule has 1 aliphatic heterocycles. The minimum absolute atomic E-state index is 0.154. The van der Waals surface area contributed by atoms with E-state index in [2.05, 4.69) is 0 Å². The predicted molar refractivity (Wildman–Crippen MR) is 99.5 cm³/mol. The second-order valence-electron chi connectivity index (χ2n) is 6.71. The first-order valence-electron chi connectivity index (χ1n) is 8.72. The van der Waals surface area contributed by atoms with Crippen LogP contribution in [0.4, 0.5) is 0 Å². The van der Waals surface area contributed by atoms with Gasteiger partial charge in [-0.25, -0.2) is 8.42 Å². The minimum atomic E-state index is -3.59. The van der Waals surface area contributed by atoms with E-state index in [0.717, 1.165) is 11.1 Å². The molecule has 3 rings (SSSR count). The number of sulfonamides is 1. The molecule has 138 valence electrons. The maximum Gasteiger partial charge on any atom is 0.315 e. The molecular weight excluding hydrogens is 350 g/mol. The zero-order chi connectivity index (χ0) is 18.7. The molecule has 2 aromatic rings. The number of hydrogen-bond acceptors (Lipinski definition) is 4. The number of nitrogens with zero attached hydrogens (tertiary/aromatic N) is 1. The molecule has 0 spiro atoms. The monoisotopic (exact) mass is 373 g/mol. The Balaban J connectivity index is 1.73. The third kappa shape index (κ3) is 3.97. The maximum absolute atomic E-state index is 12.8. The fourth-order valence-corrected chi connectivity index (χ4v) is 4.75. The largest absolute Gasteiger partial charge is 0.426 e. The minimum Gasteiger partial charge on any atom is -0.426 e. The van der Waals surface area contributed by atoms with E-state index in [1.807, 2.05) is 26.0 Å². The molecule has 0 N–H and O–H groups in total. The van der Waals surface area contributed by atoms with E-state index in [4.69, 9.17) is 4.74 Å². The van der Waals surface area contributed by atoms with E-state index in [1.165, 1.54) is 4.31 Å². The lowest BCUT2D eigenvalue weighted by molar-refractivity contribution is -0.140. The van der Waals surface area contributed by atoms with Crippen LogP contribution >= 0.6 is 0 Å². The highest BCUT2D eigenvalue weighted by molar-refractivity contribution is 7.89. The number of aryl methyl sites for hydroxylation is 2. The Hall–Kier alpha value is -2.18. The highest BCUT2D eigenvalue weighted by atomic mass is 32.2. The lowest BCUT2D eigenvalue weighted by Gasteiger charge is -2.30. The van der Waals surface area contributed by atoms with Crippen LogP contribution in [0, 0.1) is 19.8 Å². The summed E-state index contributed by atoms with van der Waals surface area (Å²) >= 11 is 0. The normalized spacial score (nSPS) is 18.5. The summed E-state index contributed by atoms with van der Waals surface area (Å²) < 4.78 is 32.5. The standard InChI is InChI=1S/C20H23NO4S/c1-15-10-11-19(16(2)13-15)25-20(22)17-7-6-12-21(14-17)26(23,24)18-8-4-3-5-9-18/h3-5,8-11,13,17H,6-7,12,14H2,1-2H3. The van der Waals surface area contributed by atoms with Crippen molar-refractivity contribution >= 4 is 16.0 Å². The van der Waals surface area contributed by atoms with Crippen molar-refractivity contribution in [3.8, 4) is 5.75 Å². The van der Waals surface area contributed by atoms with Crippen molar-refractivity contribution < 1.29 is 17.9 Å². The van der Waals surface area contributed by atoms with E-state index in [9.17, 15) is 13.2 Å². The van der Waals surface area contributed by atoms with E-state index in [-0.39, 0.29) is 17.4 Å². The highest BCUT2D eigenvalue weighted by Gasteiger charge is 2.34. The van der Waals surface area contributed by atoms with E-state index in [0.29, 0.717) is 25.1 Å². The van der Waals surface area contributed by atoms with Gasteiger partial charge in [-0.2, -0.15) is 4.31 Å². The molecule has 1 saturated heterocycles. The van der Waals surface area contributed by atoms with Crippen molar-refractivity contribution in [3.63, 3.8) is 0 Å². The fraction of sp³-hybridized carbons (Fsp3) is 0.350. The van der Waals surface area contributed by atoms with Gasteiger partial charge in [0, 0.05) is 13.1 Å². The quantitative estimate of drug-likeness (QED) is 0.609. The molecule has 0 amide bonds. The molecule has 1 heterocycles. The predicted octanol–water partition coefficient (Wildman–Crippen LogP) is 3.31. The molecule has 2 aromatic carbocycles. The van der Waals surface area contributed by atoms with Gasteiger partial charge in [-0.05, 0) is 50.5 Å². The van der Waals surface area contributed by atoms with Crippen molar-refractivity contribution in [2.45, 2.75) is 31.6 Å². The van der Waals surface area contributed by atoms with Crippen molar-refractivity contribution in [2.75, 3.05) is 13.1 Å². The number of rotatable bonds is 4. The molecule has 0 saturated carbocycles. The van der Waals surface area contributed by atoms with Crippen LogP contribution in [0.25, 0.3) is 0 Å². The smallest absolute Gasteiger partial charge is 0.315 e. The van der Waals surface area contributed by atoms with Crippen LogP contribution in [-0.2, 0) is 14.8 Å². The second-order valence-corrected chi connectivity index (χ2v) is 8.64. The third-order valence-electron chi connectivity index (χ3n) is 4.64. The van der Waals surface area contributed by atoms with E-state index in [1.54, 1.807) is 36.4 Å². The van der Waals surface area contributed by atoms with Crippen LogP contribution in [-0.4, -0.2) is 31.8 Å². The molecule has 6 heteroatoms. The Morgan fingerprint density at radius 1 is 1.12 bits per heavy atom. The van der Waals surface area contributed by atoms with Gasteiger partial charge in [-0.3, -0.25) is 4.79 Å². The summed E-state index contributed by atoms with van der Waals surface area (Å²) in [4.78, 5) is 12.8. The van der Waals surface area contributed by atoms with Gasteiger partial charge in [0.25, 0.3) is 0 Å². The first kappa shape index (κ1) is 18.6. The molecule has 26 heavy (non-hydrogen) atoms. The number of esters is 1. The summed E-state index contributed by atoms with van der Waals surface area (Å²) in [5.74, 6) is -0.295. The number of hydrogen-bond donors (Lipinski definition) is 0. The number of carbonyl (C=O) groups excluding carboxylic acids is 1. The van der Waals surface area contributed by atoms with Crippen LogP contribution < -0.4 is 4.74 Å². The van der Waals surface area contributed by atoms with Crippen LogP contribution in [0.2, 0.25) is 0 Å². The van der Waals surface area contributed by atoms with Crippen LogP contribution in [0.15, 0.2) is 53.4 Å². The first-order valence-corrected chi connectivity index (χ1v) is 10.2.